The number of aromatic nitrogens is 2. The third kappa shape index (κ3) is 4.86. The second-order valence-corrected chi connectivity index (χ2v) is 14.7. The summed E-state index contributed by atoms with van der Waals surface area (Å²) < 4.78 is 10.9. The van der Waals surface area contributed by atoms with Crippen molar-refractivity contribution in [2.24, 2.45) is 0 Å². The second kappa shape index (κ2) is 12.2. The van der Waals surface area contributed by atoms with Gasteiger partial charge in [-0.05, 0) is 135 Å². The summed E-state index contributed by atoms with van der Waals surface area (Å²) in [5.41, 5.74) is 14.7. The van der Waals surface area contributed by atoms with Gasteiger partial charge in [0.15, 0.2) is 0 Å². The zero-order chi connectivity index (χ0) is 37.5. The van der Waals surface area contributed by atoms with Crippen LogP contribution in [0.15, 0.2) is 174 Å². The third-order valence-corrected chi connectivity index (χ3v) is 11.2. The van der Waals surface area contributed by atoms with E-state index in [1.54, 1.807) is 0 Å². The van der Waals surface area contributed by atoms with E-state index in [2.05, 4.69) is 180 Å². The maximum atomic E-state index is 9.66. The molecule has 3 heterocycles. The molecule has 56 heavy (non-hydrogen) atoms. The topological polar surface area (TPSA) is 50.0 Å². The fourth-order valence-electron chi connectivity index (χ4n) is 8.65. The van der Waals surface area contributed by atoms with Crippen molar-refractivity contribution in [3.05, 3.63) is 187 Å². The van der Waals surface area contributed by atoms with Crippen LogP contribution < -0.4 is 4.90 Å². The van der Waals surface area contributed by atoms with Gasteiger partial charge in [0.1, 0.15) is 11.2 Å². The van der Waals surface area contributed by atoms with Crippen LogP contribution in [0.4, 0.5) is 17.1 Å². The summed E-state index contributed by atoms with van der Waals surface area (Å²) in [5.74, 6) is 0. The molecule has 0 bridgehead atoms. The first-order valence-electron chi connectivity index (χ1n) is 18.9. The van der Waals surface area contributed by atoms with Gasteiger partial charge >= 0.3 is 0 Å². The molecule has 0 N–H and O–H groups in total. The molecule has 0 radical (unpaired) electrons. The molecule has 264 valence electrons. The summed E-state index contributed by atoms with van der Waals surface area (Å²) in [7, 11) is 0. The number of furan rings is 1. The van der Waals surface area contributed by atoms with Crippen molar-refractivity contribution in [3.63, 3.8) is 0 Å². The number of hydrogen-bond donors (Lipinski definition) is 0. The van der Waals surface area contributed by atoms with Crippen molar-refractivity contribution in [2.75, 3.05) is 4.90 Å². The number of nitrogens with zero attached hydrogens (tertiary/aromatic N) is 4. The molecule has 3 aromatic heterocycles. The number of aryl methyl sites for hydroxylation is 2. The Balaban J connectivity index is 1.07. The fourth-order valence-corrected chi connectivity index (χ4v) is 8.65. The lowest BCUT2D eigenvalue weighted by Gasteiger charge is -2.26. The summed E-state index contributed by atoms with van der Waals surface area (Å²) in [6.07, 6.45) is 0. The molecule has 0 atom stereocenters. The molecule has 5 nitrogen and oxygen atoms in total. The first-order chi connectivity index (χ1) is 27.5. The SMILES string of the molecule is Cc1ccc2c(c1)c1cc(C)ccc1n2-c1ccc(N(c2ccc(-n3c4ccccc4c4cc(C#N)ccc43)cc2)c2ccc3oc4ccccc4c3c2)cc1. The van der Waals surface area contributed by atoms with Gasteiger partial charge in [0, 0.05) is 60.8 Å². The summed E-state index contributed by atoms with van der Waals surface area (Å²) in [6.45, 7) is 4.32. The normalized spacial score (nSPS) is 11.7. The van der Waals surface area contributed by atoms with Crippen molar-refractivity contribution in [3.8, 4) is 17.4 Å². The molecular formula is C51H34N4O. The Hall–Kier alpha value is -7.55. The Labute approximate surface area is 323 Å². The van der Waals surface area contributed by atoms with Crippen LogP contribution in [0.5, 0.6) is 0 Å². The van der Waals surface area contributed by atoms with Crippen molar-refractivity contribution in [2.45, 2.75) is 13.8 Å². The van der Waals surface area contributed by atoms with Gasteiger partial charge in [-0.2, -0.15) is 5.26 Å². The first-order valence-corrected chi connectivity index (χ1v) is 18.9. The van der Waals surface area contributed by atoms with E-state index in [0.29, 0.717) is 5.56 Å². The molecule has 0 fully saturated rings. The number of anilines is 3. The van der Waals surface area contributed by atoms with E-state index < -0.39 is 0 Å². The fraction of sp³-hybridized carbons (Fsp3) is 0.0392. The Morgan fingerprint density at radius 1 is 0.429 bits per heavy atom. The van der Waals surface area contributed by atoms with Crippen molar-refractivity contribution >= 4 is 82.6 Å². The van der Waals surface area contributed by atoms with E-state index in [9.17, 15) is 5.26 Å². The lowest BCUT2D eigenvalue weighted by molar-refractivity contribution is 0.669. The van der Waals surface area contributed by atoms with E-state index >= 15 is 0 Å². The maximum absolute atomic E-state index is 9.66. The lowest BCUT2D eigenvalue weighted by atomic mass is 10.1. The molecule has 0 aliphatic carbocycles. The van der Waals surface area contributed by atoms with Gasteiger partial charge in [0.25, 0.3) is 0 Å². The van der Waals surface area contributed by atoms with Crippen LogP contribution in [0.1, 0.15) is 16.7 Å². The van der Waals surface area contributed by atoms with Crippen molar-refractivity contribution < 1.29 is 4.42 Å². The Morgan fingerprint density at radius 2 is 0.929 bits per heavy atom. The smallest absolute Gasteiger partial charge is 0.135 e. The number of benzene rings is 8. The van der Waals surface area contributed by atoms with E-state index in [0.717, 1.165) is 72.2 Å². The van der Waals surface area contributed by atoms with Gasteiger partial charge in [0.05, 0.1) is 33.7 Å². The summed E-state index contributed by atoms with van der Waals surface area (Å²) in [6, 6.07) is 62.5. The van der Waals surface area contributed by atoms with Crippen LogP contribution in [0, 0.1) is 25.2 Å². The summed E-state index contributed by atoms with van der Waals surface area (Å²) >= 11 is 0. The minimum absolute atomic E-state index is 0.656. The minimum Gasteiger partial charge on any atom is -0.456 e. The molecule has 11 rings (SSSR count). The molecule has 11 aromatic rings. The standard InChI is InChI=1S/C51H34N4O/c1-32-11-23-47-42(27-32)43-28-33(2)12-24-48(43)55(47)38-20-16-36(17-21-38)53(39-22-26-51-45(30-39)41-8-4-6-10-50(41)56-51)35-14-18-37(19-15-35)54-46-9-5-3-7-40(46)44-29-34(31-52)13-25-49(44)54/h3-30H,1-2H3. The number of para-hydroxylation sites is 2. The molecule has 0 aliphatic rings. The quantitative estimate of drug-likeness (QED) is 0.178. The average molecular weight is 719 g/mol. The monoisotopic (exact) mass is 718 g/mol. The summed E-state index contributed by atoms with van der Waals surface area (Å²) in [4.78, 5) is 2.32. The highest BCUT2D eigenvalue weighted by molar-refractivity contribution is 6.11. The zero-order valence-electron chi connectivity index (χ0n) is 30.9. The number of hydrogen-bond acceptors (Lipinski definition) is 3. The predicted molar refractivity (Wildman–Crippen MR) is 231 cm³/mol. The molecule has 0 saturated heterocycles. The highest BCUT2D eigenvalue weighted by atomic mass is 16.3. The Bertz CT molecular complexity index is 3330. The van der Waals surface area contributed by atoms with E-state index in [4.69, 9.17) is 4.42 Å². The van der Waals surface area contributed by atoms with Crippen LogP contribution in [0.2, 0.25) is 0 Å². The largest absolute Gasteiger partial charge is 0.456 e. The van der Waals surface area contributed by atoms with Crippen LogP contribution in [0.3, 0.4) is 0 Å². The minimum atomic E-state index is 0.656. The number of fused-ring (bicyclic) bond motifs is 9. The highest BCUT2D eigenvalue weighted by Crippen LogP contribution is 2.41. The van der Waals surface area contributed by atoms with Crippen LogP contribution >= 0.6 is 0 Å². The Morgan fingerprint density at radius 3 is 1.55 bits per heavy atom. The van der Waals surface area contributed by atoms with Gasteiger partial charge in [0.2, 0.25) is 0 Å². The number of nitriles is 1. The Kier molecular flexibility index (Phi) is 6.98. The molecule has 8 aromatic carbocycles. The van der Waals surface area contributed by atoms with Crippen LogP contribution in [0.25, 0.3) is 76.9 Å². The van der Waals surface area contributed by atoms with Gasteiger partial charge in [-0.1, -0.05) is 59.7 Å². The average Bonchev–Trinajstić information content (AvgIpc) is 3.88. The van der Waals surface area contributed by atoms with E-state index in [1.165, 1.54) is 32.9 Å². The summed E-state index contributed by atoms with van der Waals surface area (Å²) in [5, 5.41) is 16.6. The van der Waals surface area contributed by atoms with Crippen LogP contribution in [-0.2, 0) is 0 Å². The van der Waals surface area contributed by atoms with Crippen molar-refractivity contribution in [1.29, 1.82) is 5.26 Å². The second-order valence-electron chi connectivity index (χ2n) is 14.7. The van der Waals surface area contributed by atoms with E-state index in [1.807, 2.05) is 24.3 Å². The van der Waals surface area contributed by atoms with Crippen LogP contribution in [-0.4, -0.2) is 9.13 Å². The highest BCUT2D eigenvalue weighted by Gasteiger charge is 2.19. The molecular weight excluding hydrogens is 685 g/mol. The lowest BCUT2D eigenvalue weighted by Crippen LogP contribution is -2.10. The number of rotatable bonds is 5. The zero-order valence-corrected chi connectivity index (χ0v) is 30.9. The van der Waals surface area contributed by atoms with Crippen molar-refractivity contribution in [1.82, 2.24) is 9.13 Å². The predicted octanol–water partition coefficient (Wildman–Crippen LogP) is 13.7. The van der Waals surface area contributed by atoms with Gasteiger partial charge < -0.3 is 18.5 Å². The van der Waals surface area contributed by atoms with Gasteiger partial charge in [-0.3, -0.25) is 0 Å². The van der Waals surface area contributed by atoms with Gasteiger partial charge in [-0.15, -0.1) is 0 Å². The maximum Gasteiger partial charge on any atom is 0.135 e. The molecule has 0 saturated carbocycles. The third-order valence-electron chi connectivity index (χ3n) is 11.2. The molecule has 0 unspecified atom stereocenters. The molecule has 0 spiro atoms. The first kappa shape index (κ1) is 31.9. The molecule has 0 aliphatic heterocycles. The van der Waals surface area contributed by atoms with Gasteiger partial charge in [-0.25, -0.2) is 0 Å². The molecule has 5 heteroatoms. The molecule has 0 amide bonds. The van der Waals surface area contributed by atoms with E-state index in [-0.39, 0.29) is 0 Å².